The molecule has 0 aliphatic rings. The maximum Gasteiger partial charge on any atom is 0.290 e. The Morgan fingerprint density at radius 2 is 1.12 bits per heavy atom. The molecule has 0 aromatic heterocycles. The molecule has 0 unspecified atom stereocenters. The lowest BCUT2D eigenvalue weighted by Crippen LogP contribution is -2.23. The fraction of sp³-hybridized carbons (Fsp3) is 0.250. The minimum atomic E-state index is 0.224. The van der Waals surface area contributed by atoms with Gasteiger partial charge in [-0.25, -0.2) is 11.0 Å². The number of nitrogens with one attached hydrogen (secondary N) is 4. The van der Waals surface area contributed by atoms with E-state index in [9.17, 15) is 0 Å². The number of hydrogen-bond donors (Lipinski definition) is 4. The third kappa shape index (κ3) is 7.80. The molecule has 0 amide bonds. The lowest BCUT2D eigenvalue weighted by molar-refractivity contribution is 0.221. The van der Waals surface area contributed by atoms with Crippen LogP contribution >= 0.6 is 24.4 Å². The highest BCUT2D eigenvalue weighted by Gasteiger charge is 2.02. The average Bonchev–Trinajstić information content (AvgIpc) is 2.59. The first-order chi connectivity index (χ1) is 11.4. The maximum atomic E-state index is 5.19. The van der Waals surface area contributed by atoms with E-state index < -0.39 is 0 Å². The van der Waals surface area contributed by atoms with E-state index in [0.29, 0.717) is 0 Å². The number of rotatable bonds is 6. The Labute approximate surface area is 153 Å². The minimum Gasteiger partial charge on any atom is -0.352 e. The van der Waals surface area contributed by atoms with Gasteiger partial charge < -0.3 is 20.3 Å². The van der Waals surface area contributed by atoms with Crippen molar-refractivity contribution in [3.8, 4) is 0 Å². The van der Waals surface area contributed by atoms with Gasteiger partial charge in [-0.3, -0.25) is 0 Å². The van der Waals surface area contributed by atoms with Gasteiger partial charge in [-0.15, -0.1) is 0 Å². The molecular weight excluding hydrogens is 344 g/mol. The maximum absolute atomic E-state index is 5.19. The number of hydrogen-bond acceptors (Lipinski definition) is 6. The third-order valence-electron chi connectivity index (χ3n) is 2.85. The Morgan fingerprint density at radius 3 is 1.42 bits per heavy atom. The predicted octanol–water partition coefficient (Wildman–Crippen LogP) is 3.97. The van der Waals surface area contributed by atoms with E-state index >= 15 is 0 Å². The Morgan fingerprint density at radius 1 is 0.792 bits per heavy atom. The molecule has 8 heteroatoms. The first-order valence-corrected chi connectivity index (χ1v) is 8.09. The number of anilines is 2. The monoisotopic (exact) mass is 366 g/mol. The zero-order chi connectivity index (χ0) is 17.9. The van der Waals surface area contributed by atoms with Gasteiger partial charge in [0.05, 0.1) is 0 Å². The van der Waals surface area contributed by atoms with Gasteiger partial charge in [0, 0.05) is 22.8 Å². The zero-order valence-electron chi connectivity index (χ0n) is 14.1. The molecule has 0 aliphatic heterocycles. The molecule has 4 N–H and O–H groups in total. The summed E-state index contributed by atoms with van der Waals surface area (Å²) in [5.41, 5.74) is 8.76. The van der Waals surface area contributed by atoms with Crippen molar-refractivity contribution in [3.05, 3.63) is 47.8 Å². The third-order valence-corrected chi connectivity index (χ3v) is 3.22. The molecule has 1 aromatic carbocycles. The molecule has 6 nitrogen and oxygen atoms in total. The van der Waals surface area contributed by atoms with Crippen molar-refractivity contribution in [1.29, 1.82) is 0 Å². The summed E-state index contributed by atoms with van der Waals surface area (Å²) in [6, 6.07) is 7.36. The highest BCUT2D eigenvalue weighted by molar-refractivity contribution is 7.80. The van der Waals surface area contributed by atoms with Gasteiger partial charge in [0.25, 0.3) is 10.3 Å². The van der Waals surface area contributed by atoms with Gasteiger partial charge in [0.1, 0.15) is 0 Å². The fourth-order valence-electron chi connectivity index (χ4n) is 1.30. The van der Waals surface area contributed by atoms with Crippen molar-refractivity contribution >= 4 is 46.2 Å². The van der Waals surface area contributed by atoms with E-state index in [-0.39, 0.29) is 10.3 Å². The van der Waals surface area contributed by atoms with Gasteiger partial charge in [-0.2, -0.15) is 0 Å². The van der Waals surface area contributed by atoms with Gasteiger partial charge in [0.15, 0.2) is 0 Å². The van der Waals surface area contributed by atoms with Crippen LogP contribution in [0.3, 0.4) is 0 Å². The summed E-state index contributed by atoms with van der Waals surface area (Å²) in [7, 11) is 0. The molecule has 0 atom stereocenters. The van der Waals surface area contributed by atoms with E-state index in [2.05, 4.69) is 21.6 Å². The predicted molar refractivity (Wildman–Crippen MR) is 106 cm³/mol. The Balaban J connectivity index is 2.45. The Hall–Kier alpha value is -2.32. The van der Waals surface area contributed by atoms with Crippen LogP contribution in [-0.4, -0.2) is 10.3 Å². The van der Waals surface area contributed by atoms with Crippen LogP contribution in [0.4, 0.5) is 11.4 Å². The van der Waals surface area contributed by atoms with Crippen LogP contribution in [0.15, 0.2) is 47.8 Å². The van der Waals surface area contributed by atoms with Crippen molar-refractivity contribution in [2.75, 3.05) is 10.6 Å². The molecular formula is C16H22N4O2S2. The van der Waals surface area contributed by atoms with Crippen LogP contribution in [0.1, 0.15) is 27.7 Å². The second-order valence-corrected chi connectivity index (χ2v) is 5.50. The summed E-state index contributed by atoms with van der Waals surface area (Å²) in [6.45, 7) is 7.55. The summed E-state index contributed by atoms with van der Waals surface area (Å²) in [5.74, 6) is 0. The van der Waals surface area contributed by atoms with Gasteiger partial charge in [-0.1, -0.05) is 12.2 Å². The summed E-state index contributed by atoms with van der Waals surface area (Å²) >= 11 is 10.2. The normalized spacial score (nSPS) is 11.3. The summed E-state index contributed by atoms with van der Waals surface area (Å²) in [5, 5.41) is 6.36. The number of benzene rings is 1. The van der Waals surface area contributed by atoms with Crippen molar-refractivity contribution in [2.45, 2.75) is 27.7 Å². The molecule has 0 aliphatic carbocycles. The van der Waals surface area contributed by atoms with Crippen LogP contribution in [0, 0.1) is 0 Å². The second-order valence-electron chi connectivity index (χ2n) is 4.75. The topological polar surface area (TPSA) is 66.6 Å². The molecule has 1 rings (SSSR count). The molecule has 0 saturated carbocycles. The Kier molecular flexibility index (Phi) is 8.59. The highest BCUT2D eigenvalue weighted by Crippen LogP contribution is 2.14. The molecule has 1 aromatic rings. The van der Waals surface area contributed by atoms with Crippen molar-refractivity contribution < 1.29 is 9.68 Å². The smallest absolute Gasteiger partial charge is 0.290 e. The second kappa shape index (κ2) is 10.5. The summed E-state index contributed by atoms with van der Waals surface area (Å²) < 4.78 is 0. The van der Waals surface area contributed by atoms with E-state index in [0.717, 1.165) is 22.8 Å². The van der Waals surface area contributed by atoms with Crippen LogP contribution in [-0.2, 0) is 9.68 Å². The SMILES string of the molecule is CC=C(C)NOC(=S)Nc1ccc(NC(=S)ONC(C)=CC)cc1. The molecule has 130 valence electrons. The molecule has 0 radical (unpaired) electrons. The number of allylic oxidation sites excluding steroid dienone is 4. The van der Waals surface area contributed by atoms with Gasteiger partial charge in [-0.05, 0) is 76.4 Å². The molecule has 0 saturated heterocycles. The number of thiocarbonyl (C=S) groups is 2. The Bertz CT molecular complexity index is 572. The van der Waals surface area contributed by atoms with Crippen LogP contribution in [0.25, 0.3) is 0 Å². The van der Waals surface area contributed by atoms with Crippen LogP contribution in [0.2, 0.25) is 0 Å². The molecule has 0 spiro atoms. The average molecular weight is 367 g/mol. The lowest BCUT2D eigenvalue weighted by atomic mass is 10.3. The van der Waals surface area contributed by atoms with Gasteiger partial charge >= 0.3 is 0 Å². The summed E-state index contributed by atoms with van der Waals surface area (Å²) in [6.07, 6.45) is 3.75. The highest BCUT2D eigenvalue weighted by atomic mass is 32.1. The van der Waals surface area contributed by atoms with Gasteiger partial charge in [0.2, 0.25) is 0 Å². The quantitative estimate of drug-likeness (QED) is 0.445. The van der Waals surface area contributed by atoms with E-state index in [1.807, 2.05) is 64.1 Å². The van der Waals surface area contributed by atoms with Crippen molar-refractivity contribution in [1.82, 2.24) is 11.0 Å². The molecule has 0 bridgehead atoms. The van der Waals surface area contributed by atoms with Crippen LogP contribution in [0.5, 0.6) is 0 Å². The fourth-order valence-corrected chi connectivity index (χ4v) is 1.61. The largest absolute Gasteiger partial charge is 0.352 e. The molecule has 0 fully saturated rings. The molecule has 24 heavy (non-hydrogen) atoms. The van der Waals surface area contributed by atoms with E-state index in [1.165, 1.54) is 0 Å². The first kappa shape index (κ1) is 19.7. The standard InChI is InChI=1S/C16H22N4O2S2/c1-5-11(3)19-21-15(23)17-13-7-9-14(10-8-13)18-16(24)22-20-12(4)6-2/h5-10,19-20H,1-4H3,(H,17,23)(H,18,24). The lowest BCUT2D eigenvalue weighted by Gasteiger charge is -2.12. The van der Waals surface area contributed by atoms with Crippen molar-refractivity contribution in [2.24, 2.45) is 0 Å². The van der Waals surface area contributed by atoms with E-state index in [4.69, 9.17) is 34.1 Å². The van der Waals surface area contributed by atoms with Crippen LogP contribution < -0.4 is 21.6 Å². The zero-order valence-corrected chi connectivity index (χ0v) is 15.7. The first-order valence-electron chi connectivity index (χ1n) is 7.28. The summed E-state index contributed by atoms with van der Waals surface area (Å²) in [4.78, 5) is 10.4. The van der Waals surface area contributed by atoms with Crippen molar-refractivity contribution in [3.63, 3.8) is 0 Å². The minimum absolute atomic E-state index is 0.224. The molecule has 0 heterocycles. The van der Waals surface area contributed by atoms with E-state index in [1.54, 1.807) is 0 Å². The number of hydroxylamine groups is 2.